The molecule has 0 atom stereocenters. The molecule has 0 saturated carbocycles. The Morgan fingerprint density at radius 3 is 2.62 bits per heavy atom. The average molecular weight is 304 g/mol. The summed E-state index contributed by atoms with van der Waals surface area (Å²) in [5.41, 5.74) is 7.80. The molecule has 0 fully saturated rings. The number of para-hydroxylation sites is 1. The number of halogens is 1. The van der Waals surface area contributed by atoms with Gasteiger partial charge in [0.2, 0.25) is 5.91 Å². The zero-order chi connectivity index (χ0) is 15.2. The predicted molar refractivity (Wildman–Crippen MR) is 88.8 cm³/mol. The van der Waals surface area contributed by atoms with Crippen LogP contribution in [-0.2, 0) is 4.79 Å². The second-order valence-corrected chi connectivity index (χ2v) is 5.04. The number of rotatable bonds is 5. The van der Waals surface area contributed by atoms with Crippen molar-refractivity contribution in [3.63, 3.8) is 0 Å². The fraction of sp³-hybridized carbons (Fsp3) is 0.188. The van der Waals surface area contributed by atoms with Crippen LogP contribution in [0.2, 0.25) is 5.02 Å². The van der Waals surface area contributed by atoms with Gasteiger partial charge in [0.15, 0.2) is 0 Å². The molecule has 0 spiro atoms. The smallest absolute Gasteiger partial charge is 0.243 e. The van der Waals surface area contributed by atoms with Gasteiger partial charge in [-0.1, -0.05) is 29.8 Å². The molecule has 0 aromatic heterocycles. The Morgan fingerprint density at radius 1 is 1.24 bits per heavy atom. The van der Waals surface area contributed by atoms with Gasteiger partial charge in [-0.25, -0.2) is 0 Å². The summed E-state index contributed by atoms with van der Waals surface area (Å²) in [6, 6.07) is 14.8. The molecule has 2 aromatic rings. The van der Waals surface area contributed by atoms with Crippen molar-refractivity contribution in [3.8, 4) is 0 Å². The Labute approximate surface area is 129 Å². The summed E-state index contributed by atoms with van der Waals surface area (Å²) in [4.78, 5) is 14.1. The fourth-order valence-electron chi connectivity index (χ4n) is 2.03. The van der Waals surface area contributed by atoms with Crippen molar-refractivity contribution in [2.45, 2.75) is 6.92 Å². The third kappa shape index (κ3) is 4.13. The van der Waals surface area contributed by atoms with E-state index in [1.54, 1.807) is 18.2 Å². The lowest BCUT2D eigenvalue weighted by atomic mass is 10.2. The van der Waals surface area contributed by atoms with Crippen LogP contribution in [0, 0.1) is 0 Å². The van der Waals surface area contributed by atoms with Crippen LogP contribution in [0.15, 0.2) is 48.5 Å². The van der Waals surface area contributed by atoms with Crippen LogP contribution in [0.3, 0.4) is 0 Å². The molecule has 21 heavy (non-hydrogen) atoms. The summed E-state index contributed by atoms with van der Waals surface area (Å²) >= 11 is 6.04. The van der Waals surface area contributed by atoms with Crippen LogP contribution < -0.4 is 16.0 Å². The van der Waals surface area contributed by atoms with Gasteiger partial charge in [-0.15, -0.1) is 0 Å². The van der Waals surface area contributed by atoms with Gasteiger partial charge in [-0.05, 0) is 37.3 Å². The SMILES string of the molecule is CCN(CC(=O)Nc1cc(N)ccc1Cl)c1ccccc1. The maximum Gasteiger partial charge on any atom is 0.243 e. The fourth-order valence-corrected chi connectivity index (χ4v) is 2.19. The van der Waals surface area contributed by atoms with Crippen molar-refractivity contribution in [2.75, 3.05) is 29.0 Å². The highest BCUT2D eigenvalue weighted by atomic mass is 35.5. The van der Waals surface area contributed by atoms with Crippen molar-refractivity contribution >= 4 is 34.6 Å². The van der Waals surface area contributed by atoms with E-state index in [0.29, 0.717) is 16.4 Å². The molecule has 0 unspecified atom stereocenters. The van der Waals surface area contributed by atoms with Gasteiger partial charge in [0, 0.05) is 17.9 Å². The molecular formula is C16H18ClN3O. The van der Waals surface area contributed by atoms with Crippen LogP contribution in [0.5, 0.6) is 0 Å². The molecule has 1 amide bonds. The molecule has 2 aromatic carbocycles. The van der Waals surface area contributed by atoms with E-state index in [-0.39, 0.29) is 12.5 Å². The summed E-state index contributed by atoms with van der Waals surface area (Å²) in [7, 11) is 0. The number of hydrogen-bond donors (Lipinski definition) is 2. The van der Waals surface area contributed by atoms with Crippen LogP contribution >= 0.6 is 11.6 Å². The van der Waals surface area contributed by atoms with Crippen molar-refractivity contribution < 1.29 is 4.79 Å². The van der Waals surface area contributed by atoms with E-state index < -0.39 is 0 Å². The van der Waals surface area contributed by atoms with E-state index in [9.17, 15) is 4.79 Å². The standard InChI is InChI=1S/C16H18ClN3O/c1-2-20(13-6-4-3-5-7-13)11-16(21)19-15-10-12(18)8-9-14(15)17/h3-10H,2,11,18H2,1H3,(H,19,21). The molecular weight excluding hydrogens is 286 g/mol. The average Bonchev–Trinajstić information content (AvgIpc) is 2.49. The van der Waals surface area contributed by atoms with Crippen LogP contribution in [0.4, 0.5) is 17.1 Å². The molecule has 5 heteroatoms. The van der Waals surface area contributed by atoms with Crippen molar-refractivity contribution in [2.24, 2.45) is 0 Å². The Morgan fingerprint density at radius 2 is 1.95 bits per heavy atom. The maximum absolute atomic E-state index is 12.2. The predicted octanol–water partition coefficient (Wildman–Crippen LogP) is 3.39. The first kappa shape index (κ1) is 15.2. The highest BCUT2D eigenvalue weighted by molar-refractivity contribution is 6.33. The number of likely N-dealkylation sites (N-methyl/N-ethyl adjacent to an activating group) is 1. The van der Waals surface area contributed by atoms with E-state index in [2.05, 4.69) is 5.32 Å². The number of nitrogens with two attached hydrogens (primary N) is 1. The topological polar surface area (TPSA) is 58.4 Å². The Kier molecular flexibility index (Phi) is 5.06. The number of anilines is 3. The van der Waals surface area contributed by atoms with E-state index in [0.717, 1.165) is 12.2 Å². The first-order chi connectivity index (χ1) is 10.1. The third-order valence-corrected chi connectivity index (χ3v) is 3.43. The number of nitrogen functional groups attached to an aromatic ring is 1. The number of nitrogens with zero attached hydrogens (tertiary/aromatic N) is 1. The third-order valence-electron chi connectivity index (χ3n) is 3.10. The van der Waals surface area contributed by atoms with Gasteiger partial charge in [0.05, 0.1) is 17.3 Å². The van der Waals surface area contributed by atoms with Gasteiger partial charge in [-0.3, -0.25) is 4.79 Å². The first-order valence-electron chi connectivity index (χ1n) is 6.75. The lowest BCUT2D eigenvalue weighted by Crippen LogP contribution is -2.33. The quantitative estimate of drug-likeness (QED) is 0.832. The number of hydrogen-bond acceptors (Lipinski definition) is 3. The van der Waals surface area contributed by atoms with Gasteiger partial charge in [0.1, 0.15) is 0 Å². The highest BCUT2D eigenvalue weighted by Gasteiger charge is 2.11. The molecule has 110 valence electrons. The minimum Gasteiger partial charge on any atom is -0.399 e. The normalized spacial score (nSPS) is 10.2. The minimum absolute atomic E-state index is 0.131. The van der Waals surface area contributed by atoms with Crippen molar-refractivity contribution in [1.82, 2.24) is 0 Å². The van der Waals surface area contributed by atoms with Gasteiger partial charge >= 0.3 is 0 Å². The minimum atomic E-state index is -0.131. The summed E-state index contributed by atoms with van der Waals surface area (Å²) < 4.78 is 0. The number of carbonyl (C=O) groups excluding carboxylic acids is 1. The first-order valence-corrected chi connectivity index (χ1v) is 7.13. The van der Waals surface area contributed by atoms with Gasteiger partial charge in [-0.2, -0.15) is 0 Å². The second-order valence-electron chi connectivity index (χ2n) is 4.64. The highest BCUT2D eigenvalue weighted by Crippen LogP contribution is 2.24. The number of carbonyl (C=O) groups is 1. The van der Waals surface area contributed by atoms with E-state index in [1.807, 2.05) is 42.2 Å². The summed E-state index contributed by atoms with van der Waals surface area (Å²) in [6.45, 7) is 3.00. The molecule has 3 N–H and O–H groups in total. The second kappa shape index (κ2) is 6.99. The summed E-state index contributed by atoms with van der Waals surface area (Å²) in [6.07, 6.45) is 0. The largest absolute Gasteiger partial charge is 0.399 e. The Bertz CT molecular complexity index is 616. The Balaban J connectivity index is 2.05. The van der Waals surface area contributed by atoms with Gasteiger partial charge < -0.3 is 16.0 Å². The van der Waals surface area contributed by atoms with E-state index in [4.69, 9.17) is 17.3 Å². The van der Waals surface area contributed by atoms with Crippen LogP contribution in [0.25, 0.3) is 0 Å². The van der Waals surface area contributed by atoms with E-state index >= 15 is 0 Å². The molecule has 0 radical (unpaired) electrons. The molecule has 0 heterocycles. The number of nitrogens with one attached hydrogen (secondary N) is 1. The molecule has 0 aliphatic carbocycles. The van der Waals surface area contributed by atoms with E-state index in [1.165, 1.54) is 0 Å². The number of benzene rings is 2. The molecule has 4 nitrogen and oxygen atoms in total. The van der Waals surface area contributed by atoms with Gasteiger partial charge in [0.25, 0.3) is 0 Å². The zero-order valence-corrected chi connectivity index (χ0v) is 12.6. The Hall–Kier alpha value is -2.20. The van der Waals surface area contributed by atoms with Crippen molar-refractivity contribution in [1.29, 1.82) is 0 Å². The molecule has 2 rings (SSSR count). The monoisotopic (exact) mass is 303 g/mol. The molecule has 0 aliphatic rings. The number of amides is 1. The van der Waals surface area contributed by atoms with Crippen molar-refractivity contribution in [3.05, 3.63) is 53.6 Å². The lowest BCUT2D eigenvalue weighted by molar-refractivity contribution is -0.115. The molecule has 0 bridgehead atoms. The molecule has 0 aliphatic heterocycles. The van der Waals surface area contributed by atoms with Crippen LogP contribution in [-0.4, -0.2) is 19.0 Å². The lowest BCUT2D eigenvalue weighted by Gasteiger charge is -2.22. The summed E-state index contributed by atoms with van der Waals surface area (Å²) in [5.74, 6) is -0.131. The van der Waals surface area contributed by atoms with Crippen LogP contribution in [0.1, 0.15) is 6.92 Å². The zero-order valence-electron chi connectivity index (χ0n) is 11.8. The molecule has 0 saturated heterocycles. The summed E-state index contributed by atoms with van der Waals surface area (Å²) in [5, 5.41) is 3.27. The maximum atomic E-state index is 12.2.